The van der Waals surface area contributed by atoms with Crippen molar-refractivity contribution >= 4 is 95.2 Å². The summed E-state index contributed by atoms with van der Waals surface area (Å²) in [5, 5.41) is 8.78. The van der Waals surface area contributed by atoms with Gasteiger partial charge in [-0.05, 0) is 111 Å². The number of rotatable bonds is 20. The number of ether oxygens (including phenoxy) is 1. The van der Waals surface area contributed by atoms with Gasteiger partial charge in [-0.2, -0.15) is 4.58 Å². The third kappa shape index (κ3) is 15.3. The van der Waals surface area contributed by atoms with Gasteiger partial charge in [-0.3, -0.25) is 4.79 Å². The van der Waals surface area contributed by atoms with Crippen molar-refractivity contribution in [3.63, 3.8) is 0 Å². The first kappa shape index (κ1) is 68.2. The monoisotopic (exact) mass is 1140 g/mol. The van der Waals surface area contributed by atoms with E-state index in [0.29, 0.717) is 66.3 Å². The normalized spacial score (nSPS) is 17.4. The largest absolute Gasteiger partial charge is 1.00 e. The number of anilines is 1. The summed E-state index contributed by atoms with van der Waals surface area (Å²) in [4.78, 5) is 9.15. The Morgan fingerprint density at radius 3 is 1.70 bits per heavy atom. The summed E-state index contributed by atoms with van der Waals surface area (Å²) >= 11 is 0. The van der Waals surface area contributed by atoms with Crippen molar-refractivity contribution in [3.8, 4) is 0 Å². The van der Waals surface area contributed by atoms with E-state index in [1.165, 1.54) is 25.3 Å². The SMILES string of the molecule is COCCN1C(=CC=CC=CC2=[N+](CCCCCC(=O)O)c3ccc4c(S(=O)(=O)[O-])cc(S(=O)(=O)[O-])cc4c3C2(C)C)C(C)(CCCS(=O)(=O)[O-])c2c1ccc1c(S(=O)(=O)[O-])cc(S(=O)(=O)[O-])cc21.[Na+].[Na+].[Na+].[Na+]. The van der Waals surface area contributed by atoms with Crippen LogP contribution in [0.25, 0.3) is 21.5 Å². The summed E-state index contributed by atoms with van der Waals surface area (Å²) in [6.07, 6.45) is 9.11. The van der Waals surface area contributed by atoms with Gasteiger partial charge in [-0.1, -0.05) is 24.3 Å². The molecule has 0 bridgehead atoms. The molecule has 1 unspecified atom stereocenters. The predicted octanol–water partition coefficient (Wildman–Crippen LogP) is -7.61. The van der Waals surface area contributed by atoms with Crippen LogP contribution in [0.4, 0.5) is 11.4 Å². The molecule has 0 fully saturated rings. The van der Waals surface area contributed by atoms with Gasteiger partial charge < -0.3 is 37.5 Å². The average molecular weight is 1140 g/mol. The molecular formula is C44H46N2Na4O18S5. The maximum absolute atomic E-state index is 12.5. The zero-order chi connectivity index (χ0) is 51.3. The van der Waals surface area contributed by atoms with Gasteiger partial charge >= 0.3 is 124 Å². The number of fused-ring (bicyclic) bond motifs is 6. The number of aliphatic carboxylic acids is 1. The molecule has 0 spiro atoms. The average Bonchev–Trinajstić information content (AvgIpc) is 3.58. The second-order valence-electron chi connectivity index (χ2n) is 17.3. The molecule has 0 radical (unpaired) electrons. The Labute approximate surface area is 513 Å². The van der Waals surface area contributed by atoms with E-state index in [-0.39, 0.29) is 178 Å². The molecule has 20 nitrogen and oxygen atoms in total. The van der Waals surface area contributed by atoms with Crippen LogP contribution >= 0.6 is 0 Å². The Morgan fingerprint density at radius 1 is 0.671 bits per heavy atom. The summed E-state index contributed by atoms with van der Waals surface area (Å²) in [6, 6.07) is 8.67. The van der Waals surface area contributed by atoms with E-state index >= 15 is 0 Å². The Hall–Kier alpha value is -0.930. The fraction of sp³-hybridized carbons (Fsp3) is 0.364. The van der Waals surface area contributed by atoms with Crippen LogP contribution < -0.4 is 123 Å². The molecular weight excluding hydrogens is 1100 g/mol. The third-order valence-electron chi connectivity index (χ3n) is 12.4. The number of nitrogens with zero attached hydrogens (tertiary/aromatic N) is 2. The first-order valence-corrected chi connectivity index (χ1v) is 28.2. The minimum atomic E-state index is -5.38. The number of carboxylic acids is 1. The molecule has 1 N–H and O–H groups in total. The fourth-order valence-electron chi connectivity index (χ4n) is 9.44. The fourth-order valence-corrected chi connectivity index (χ4v) is 12.6. The Bertz CT molecular complexity index is 3510. The van der Waals surface area contributed by atoms with Gasteiger partial charge in [0.1, 0.15) is 47.0 Å². The molecule has 1 atom stereocenters. The van der Waals surface area contributed by atoms with Crippen LogP contribution in [0, 0.1) is 0 Å². The number of unbranched alkanes of at least 4 members (excludes halogenated alkanes) is 2. The van der Waals surface area contributed by atoms with Crippen LogP contribution in [0.2, 0.25) is 0 Å². The number of allylic oxidation sites excluding steroid dienone is 6. The predicted molar refractivity (Wildman–Crippen MR) is 245 cm³/mol. The molecule has 2 aliphatic rings. The molecule has 374 valence electrons. The zero-order valence-corrected chi connectivity index (χ0v) is 53.5. The van der Waals surface area contributed by atoms with Gasteiger partial charge in [0.15, 0.2) is 5.71 Å². The topological polar surface area (TPSA) is 339 Å². The van der Waals surface area contributed by atoms with E-state index in [0.717, 1.165) is 12.1 Å². The van der Waals surface area contributed by atoms with Crippen LogP contribution in [-0.4, -0.2) is 119 Å². The Balaban J connectivity index is 0.00000456. The number of methoxy groups -OCH3 is 1. The minimum Gasteiger partial charge on any atom is -0.748 e. The summed E-state index contributed by atoms with van der Waals surface area (Å²) in [7, 11) is -24.6. The van der Waals surface area contributed by atoms with Crippen molar-refractivity contribution < 1.29 is 202 Å². The van der Waals surface area contributed by atoms with Crippen molar-refractivity contribution in [2.75, 3.05) is 37.5 Å². The standard InChI is InChI=1S/C44H50N2O18S5.4Na/c1-43(2)38(45(20-10-6-9-14-40(47)48)34-17-15-30-32(41(34)43)24-28(66(52,53)54)26-36(30)68(58,59)60)12-7-5-8-13-39-44(3,19-11-23-65(49,50)51)42-33-25-29(67(55,56)57)27-37(69(61,62)63)31(33)16-18-35(42)46(39)21-22-64-4;;;;/h5,7-8,12-13,15-18,24-27H,6,9-11,14,19-23H2,1-4H3,(H5-,47,48,49,50,51,52,53,54,55,56,57,58,59,60,61,62,63);;;;/q;4*+1/p-4. The molecule has 0 aromatic heterocycles. The molecule has 2 aliphatic heterocycles. The van der Waals surface area contributed by atoms with E-state index in [1.54, 1.807) is 62.1 Å². The van der Waals surface area contributed by atoms with Crippen LogP contribution in [0.3, 0.4) is 0 Å². The summed E-state index contributed by atoms with van der Waals surface area (Å²) in [6.45, 7) is 5.69. The van der Waals surface area contributed by atoms with Gasteiger partial charge in [-0.25, -0.2) is 42.1 Å². The second-order valence-corrected chi connectivity index (χ2v) is 24.3. The van der Waals surface area contributed by atoms with Crippen molar-refractivity contribution in [2.45, 2.75) is 89.7 Å². The molecule has 2 heterocycles. The second kappa shape index (κ2) is 25.9. The molecule has 29 heteroatoms. The quantitative estimate of drug-likeness (QED) is 0.0282. The Kier molecular flexibility index (Phi) is 24.2. The smallest absolute Gasteiger partial charge is 0.748 e. The van der Waals surface area contributed by atoms with Crippen LogP contribution in [-0.2, 0) is 71.0 Å². The van der Waals surface area contributed by atoms with Crippen molar-refractivity contribution in [1.82, 2.24) is 0 Å². The molecule has 73 heavy (non-hydrogen) atoms. The maximum Gasteiger partial charge on any atom is 1.00 e. The minimum absolute atomic E-state index is 0. The summed E-state index contributed by atoms with van der Waals surface area (Å²) < 4.78 is 191. The maximum atomic E-state index is 12.5. The number of carboxylic acid groups (broad SMARTS) is 1. The zero-order valence-electron chi connectivity index (χ0n) is 41.4. The van der Waals surface area contributed by atoms with Gasteiger partial charge in [0.25, 0.3) is 0 Å². The van der Waals surface area contributed by atoms with Crippen molar-refractivity contribution in [2.24, 2.45) is 0 Å². The molecule has 0 saturated heterocycles. The molecule has 4 aromatic carbocycles. The van der Waals surface area contributed by atoms with Crippen LogP contribution in [0.15, 0.2) is 104 Å². The first-order chi connectivity index (χ1) is 31.8. The van der Waals surface area contributed by atoms with Crippen molar-refractivity contribution in [1.29, 1.82) is 0 Å². The molecule has 6 rings (SSSR count). The molecule has 0 saturated carbocycles. The van der Waals surface area contributed by atoms with Crippen molar-refractivity contribution in [3.05, 3.63) is 95.7 Å². The third-order valence-corrected chi connectivity index (χ3v) is 16.5. The van der Waals surface area contributed by atoms with Crippen LogP contribution in [0.5, 0.6) is 0 Å². The van der Waals surface area contributed by atoms with Gasteiger partial charge in [0, 0.05) is 72.1 Å². The summed E-state index contributed by atoms with van der Waals surface area (Å²) in [5.74, 6) is -1.78. The van der Waals surface area contributed by atoms with Gasteiger partial charge in [0.2, 0.25) is 5.69 Å². The van der Waals surface area contributed by atoms with Gasteiger partial charge in [0.05, 0.1) is 41.7 Å². The van der Waals surface area contributed by atoms with E-state index in [4.69, 9.17) is 4.74 Å². The molecule has 0 aliphatic carbocycles. The Morgan fingerprint density at radius 2 is 1.21 bits per heavy atom. The van der Waals surface area contributed by atoms with Crippen LogP contribution in [0.1, 0.15) is 70.4 Å². The molecule has 4 aromatic rings. The number of hydrogen-bond donors (Lipinski definition) is 1. The number of benzene rings is 4. The first-order valence-electron chi connectivity index (χ1n) is 21.0. The van der Waals surface area contributed by atoms with E-state index in [2.05, 4.69) is 0 Å². The van der Waals surface area contributed by atoms with E-state index < -0.39 is 92.7 Å². The van der Waals surface area contributed by atoms with E-state index in [9.17, 15) is 74.8 Å². The number of hydrogen-bond acceptors (Lipinski definition) is 18. The van der Waals surface area contributed by atoms with Gasteiger partial charge in [-0.15, -0.1) is 0 Å². The number of carbonyl (C=O) groups is 1. The van der Waals surface area contributed by atoms with E-state index in [1.807, 2.05) is 4.58 Å². The molecule has 0 amide bonds. The summed E-state index contributed by atoms with van der Waals surface area (Å²) in [5.41, 5.74) is 0.0727.